The van der Waals surface area contributed by atoms with Crippen LogP contribution >= 0.6 is 46.1 Å². The van der Waals surface area contributed by atoms with Crippen molar-refractivity contribution < 1.29 is 4.79 Å². The molecule has 2 aliphatic rings. The molecule has 1 fully saturated rings. The molecular weight excluding hydrogens is 437 g/mol. The third-order valence-electron chi connectivity index (χ3n) is 5.29. The zero-order valence-electron chi connectivity index (χ0n) is 15.4. The van der Waals surface area contributed by atoms with E-state index in [0.717, 1.165) is 36.5 Å². The molecular formula is C20H20Cl3N3OS. The van der Waals surface area contributed by atoms with Gasteiger partial charge >= 0.3 is 0 Å². The molecule has 4 nitrogen and oxygen atoms in total. The first kappa shape index (κ1) is 20.0. The SMILES string of the molecule is C[C@@H]1C(C(=O)N2CCCCC2)=NN(c2ccc(Cl)cc2Cl)[C@H]1c1ccc(Cl)s1. The van der Waals surface area contributed by atoms with Crippen molar-refractivity contribution in [1.82, 2.24) is 4.90 Å². The molecule has 0 spiro atoms. The first-order valence-electron chi connectivity index (χ1n) is 9.33. The maximum atomic E-state index is 13.2. The van der Waals surface area contributed by atoms with Gasteiger partial charge < -0.3 is 4.90 Å². The van der Waals surface area contributed by atoms with E-state index in [1.807, 2.05) is 35.0 Å². The number of hydrogen-bond acceptors (Lipinski definition) is 4. The number of thiophene rings is 1. The number of benzene rings is 1. The summed E-state index contributed by atoms with van der Waals surface area (Å²) in [6.45, 7) is 3.63. The van der Waals surface area contributed by atoms with Crippen LogP contribution in [0.25, 0.3) is 0 Å². The van der Waals surface area contributed by atoms with Crippen LogP contribution in [0.1, 0.15) is 37.1 Å². The average molecular weight is 457 g/mol. The first-order valence-corrected chi connectivity index (χ1v) is 11.3. The van der Waals surface area contributed by atoms with Crippen LogP contribution in [0.15, 0.2) is 35.4 Å². The largest absolute Gasteiger partial charge is 0.338 e. The van der Waals surface area contributed by atoms with Crippen molar-refractivity contribution in [3.05, 3.63) is 49.6 Å². The quantitative estimate of drug-likeness (QED) is 0.545. The van der Waals surface area contributed by atoms with Crippen LogP contribution in [-0.4, -0.2) is 29.6 Å². The van der Waals surface area contributed by atoms with Crippen molar-refractivity contribution in [3.8, 4) is 0 Å². The second kappa shape index (κ2) is 8.23. The Kier molecular flexibility index (Phi) is 5.88. The Hall–Kier alpha value is -1.27. The number of carbonyl (C=O) groups excluding carboxylic acids is 1. The molecule has 1 aromatic heterocycles. The standard InChI is InChI=1S/C20H20Cl3N3OS/c1-12-18(20(27)25-9-3-2-4-10-25)24-26(15-6-5-13(21)11-14(15)22)19(12)16-7-8-17(23)28-16/h5-8,11-12,19H,2-4,9-10H2,1H3/t12-,19-/m1/s1. The molecule has 28 heavy (non-hydrogen) atoms. The Morgan fingerprint density at radius 1 is 1.11 bits per heavy atom. The number of hydrogen-bond donors (Lipinski definition) is 0. The molecule has 1 aromatic carbocycles. The van der Waals surface area contributed by atoms with Gasteiger partial charge in [0.1, 0.15) is 5.71 Å². The minimum absolute atomic E-state index is 0.0208. The van der Waals surface area contributed by atoms with Crippen molar-refractivity contribution >= 4 is 63.4 Å². The lowest BCUT2D eigenvalue weighted by Crippen LogP contribution is -2.41. The molecule has 4 rings (SSSR count). The van der Waals surface area contributed by atoms with Crippen LogP contribution in [0.4, 0.5) is 5.69 Å². The zero-order chi connectivity index (χ0) is 19.8. The summed E-state index contributed by atoms with van der Waals surface area (Å²) in [5, 5.41) is 7.68. The molecule has 0 unspecified atom stereocenters. The number of anilines is 1. The number of rotatable bonds is 3. The van der Waals surface area contributed by atoms with Gasteiger partial charge in [-0.2, -0.15) is 5.10 Å². The Bertz CT molecular complexity index is 923. The molecule has 8 heteroatoms. The predicted molar refractivity (Wildman–Crippen MR) is 118 cm³/mol. The second-order valence-electron chi connectivity index (χ2n) is 7.15. The van der Waals surface area contributed by atoms with Crippen molar-refractivity contribution in [1.29, 1.82) is 0 Å². The van der Waals surface area contributed by atoms with Gasteiger partial charge in [0, 0.05) is 28.9 Å². The molecule has 0 aliphatic carbocycles. The average Bonchev–Trinajstić information content (AvgIpc) is 3.25. The number of piperidine rings is 1. The number of halogens is 3. The molecule has 0 N–H and O–H groups in total. The number of likely N-dealkylation sites (tertiary alicyclic amines) is 1. The summed E-state index contributed by atoms with van der Waals surface area (Å²) in [5.74, 6) is -0.0664. The lowest BCUT2D eigenvalue weighted by molar-refractivity contribution is -0.125. The molecule has 0 saturated carbocycles. The monoisotopic (exact) mass is 455 g/mol. The van der Waals surface area contributed by atoms with Gasteiger partial charge in [-0.05, 0) is 49.6 Å². The number of amides is 1. The molecule has 2 aliphatic heterocycles. The molecule has 0 bridgehead atoms. The van der Waals surface area contributed by atoms with E-state index in [9.17, 15) is 4.79 Å². The van der Waals surface area contributed by atoms with E-state index in [4.69, 9.17) is 39.9 Å². The molecule has 0 radical (unpaired) electrons. The van der Waals surface area contributed by atoms with Gasteiger partial charge in [0.2, 0.25) is 0 Å². The van der Waals surface area contributed by atoms with E-state index in [1.54, 1.807) is 12.1 Å². The van der Waals surface area contributed by atoms with E-state index in [-0.39, 0.29) is 17.9 Å². The lowest BCUT2D eigenvalue weighted by Gasteiger charge is -2.28. The minimum Gasteiger partial charge on any atom is -0.338 e. The van der Waals surface area contributed by atoms with Gasteiger partial charge in [0.05, 0.1) is 21.1 Å². The summed E-state index contributed by atoms with van der Waals surface area (Å²) in [6, 6.07) is 9.06. The molecule has 3 heterocycles. The van der Waals surface area contributed by atoms with Crippen molar-refractivity contribution in [2.45, 2.75) is 32.2 Å². The normalized spacial score (nSPS) is 22.5. The Labute approximate surface area is 183 Å². The van der Waals surface area contributed by atoms with Gasteiger partial charge in [-0.1, -0.05) is 41.7 Å². The minimum atomic E-state index is -0.139. The highest BCUT2D eigenvalue weighted by atomic mass is 35.5. The van der Waals surface area contributed by atoms with E-state index < -0.39 is 0 Å². The van der Waals surface area contributed by atoms with E-state index in [2.05, 4.69) is 0 Å². The zero-order valence-corrected chi connectivity index (χ0v) is 18.5. The van der Waals surface area contributed by atoms with E-state index in [1.165, 1.54) is 17.8 Å². The van der Waals surface area contributed by atoms with Crippen LogP contribution in [0.3, 0.4) is 0 Å². The van der Waals surface area contributed by atoms with Crippen molar-refractivity contribution in [2.75, 3.05) is 18.1 Å². The summed E-state index contributed by atoms with van der Waals surface area (Å²) in [4.78, 5) is 16.2. The van der Waals surface area contributed by atoms with Crippen LogP contribution in [0, 0.1) is 5.92 Å². The van der Waals surface area contributed by atoms with Crippen LogP contribution in [0.5, 0.6) is 0 Å². The van der Waals surface area contributed by atoms with Crippen molar-refractivity contribution in [3.63, 3.8) is 0 Å². The third kappa shape index (κ3) is 3.78. The second-order valence-corrected chi connectivity index (χ2v) is 9.74. The van der Waals surface area contributed by atoms with Gasteiger partial charge in [0.15, 0.2) is 0 Å². The molecule has 148 valence electrons. The molecule has 1 saturated heterocycles. The molecule has 2 atom stereocenters. The predicted octanol–water partition coefficient (Wildman–Crippen LogP) is 6.27. The summed E-state index contributed by atoms with van der Waals surface area (Å²) in [5.41, 5.74) is 1.30. The van der Waals surface area contributed by atoms with Gasteiger partial charge in [-0.25, -0.2) is 0 Å². The highest BCUT2D eigenvalue weighted by molar-refractivity contribution is 7.16. The van der Waals surface area contributed by atoms with Gasteiger partial charge in [-0.3, -0.25) is 9.80 Å². The van der Waals surface area contributed by atoms with Crippen LogP contribution in [-0.2, 0) is 4.79 Å². The fourth-order valence-electron chi connectivity index (χ4n) is 3.85. The number of carbonyl (C=O) groups is 1. The van der Waals surface area contributed by atoms with Crippen LogP contribution in [0.2, 0.25) is 14.4 Å². The van der Waals surface area contributed by atoms with Gasteiger partial charge in [0.25, 0.3) is 5.91 Å². The highest BCUT2D eigenvalue weighted by Crippen LogP contribution is 2.45. The Morgan fingerprint density at radius 2 is 1.86 bits per heavy atom. The summed E-state index contributed by atoms with van der Waals surface area (Å²) < 4.78 is 0.708. The summed E-state index contributed by atoms with van der Waals surface area (Å²) >= 11 is 20.3. The highest BCUT2D eigenvalue weighted by Gasteiger charge is 2.42. The number of hydrazone groups is 1. The summed E-state index contributed by atoms with van der Waals surface area (Å²) in [7, 11) is 0. The number of nitrogens with zero attached hydrogens (tertiary/aromatic N) is 3. The van der Waals surface area contributed by atoms with Gasteiger partial charge in [-0.15, -0.1) is 11.3 Å². The van der Waals surface area contributed by atoms with E-state index >= 15 is 0 Å². The Morgan fingerprint density at radius 3 is 2.50 bits per heavy atom. The molecule has 2 aromatic rings. The maximum absolute atomic E-state index is 13.2. The summed E-state index contributed by atoms with van der Waals surface area (Å²) in [6.07, 6.45) is 3.27. The lowest BCUT2D eigenvalue weighted by atomic mass is 9.94. The fraction of sp³-hybridized carbons (Fsp3) is 0.400. The smallest absolute Gasteiger partial charge is 0.270 e. The maximum Gasteiger partial charge on any atom is 0.270 e. The molecule has 1 amide bonds. The van der Waals surface area contributed by atoms with E-state index in [0.29, 0.717) is 20.1 Å². The van der Waals surface area contributed by atoms with Crippen LogP contribution < -0.4 is 5.01 Å². The first-order chi connectivity index (χ1) is 13.5. The topological polar surface area (TPSA) is 35.9 Å². The Balaban J connectivity index is 1.74. The third-order valence-corrected chi connectivity index (χ3v) is 7.13. The van der Waals surface area contributed by atoms with Crippen molar-refractivity contribution in [2.24, 2.45) is 11.0 Å². The fourth-order valence-corrected chi connectivity index (χ4v) is 5.60.